The van der Waals surface area contributed by atoms with Crippen molar-refractivity contribution < 1.29 is 9.90 Å². The van der Waals surface area contributed by atoms with Crippen molar-refractivity contribution >= 4 is 5.97 Å². The number of carboxylic acids is 1. The van der Waals surface area contributed by atoms with Crippen molar-refractivity contribution in [3.05, 3.63) is 6.92 Å². The first-order valence-electron chi connectivity index (χ1n) is 3.76. The molecule has 57 valence electrons. The lowest BCUT2D eigenvalue weighted by Crippen LogP contribution is -2.20. The molecule has 0 saturated heterocycles. The third-order valence-electron chi connectivity index (χ3n) is 2.13. The summed E-state index contributed by atoms with van der Waals surface area (Å²) in [6.07, 6.45) is 3.76. The Hall–Kier alpha value is -0.530. The minimum absolute atomic E-state index is 0.115. The van der Waals surface area contributed by atoms with Crippen LogP contribution in [0.4, 0.5) is 0 Å². The zero-order valence-electron chi connectivity index (χ0n) is 6.05. The maximum atomic E-state index is 10.5. The second-order valence-electron chi connectivity index (χ2n) is 3.07. The fourth-order valence-electron chi connectivity index (χ4n) is 1.52. The van der Waals surface area contributed by atoms with Crippen molar-refractivity contribution in [2.45, 2.75) is 25.7 Å². The Labute approximate surface area is 61.2 Å². The van der Waals surface area contributed by atoms with E-state index in [1.165, 1.54) is 0 Å². The zero-order chi connectivity index (χ0) is 7.56. The monoisotopic (exact) mass is 141 g/mol. The van der Waals surface area contributed by atoms with Gasteiger partial charge in [0, 0.05) is 0 Å². The minimum Gasteiger partial charge on any atom is -0.481 e. The normalized spacial score (nSPS) is 33.7. The van der Waals surface area contributed by atoms with Crippen LogP contribution in [-0.2, 0) is 4.79 Å². The summed E-state index contributed by atoms with van der Waals surface area (Å²) in [5, 5.41) is 8.63. The van der Waals surface area contributed by atoms with Crippen LogP contribution in [0.1, 0.15) is 25.7 Å². The lowest BCUT2D eigenvalue weighted by atomic mass is 9.83. The molecule has 2 nitrogen and oxygen atoms in total. The van der Waals surface area contributed by atoms with Crippen LogP contribution >= 0.6 is 0 Å². The van der Waals surface area contributed by atoms with Crippen LogP contribution in [0.3, 0.4) is 0 Å². The molecule has 0 amide bonds. The number of rotatable bonds is 1. The zero-order valence-corrected chi connectivity index (χ0v) is 6.05. The molecule has 0 aromatic carbocycles. The third-order valence-corrected chi connectivity index (χ3v) is 2.13. The van der Waals surface area contributed by atoms with Gasteiger partial charge in [-0.05, 0) is 18.8 Å². The van der Waals surface area contributed by atoms with Gasteiger partial charge in [0.15, 0.2) is 0 Å². The van der Waals surface area contributed by atoms with Gasteiger partial charge in [-0.15, -0.1) is 0 Å². The van der Waals surface area contributed by atoms with E-state index in [0.29, 0.717) is 5.92 Å². The van der Waals surface area contributed by atoms with Crippen LogP contribution in [0.25, 0.3) is 0 Å². The Balaban J connectivity index is 2.39. The summed E-state index contributed by atoms with van der Waals surface area (Å²) in [5.74, 6) is -0.389. The Morgan fingerprint density at radius 3 is 2.60 bits per heavy atom. The molecule has 2 heteroatoms. The number of hydrogen-bond donors (Lipinski definition) is 1. The maximum Gasteiger partial charge on any atom is 0.306 e. The van der Waals surface area contributed by atoms with Crippen molar-refractivity contribution in [1.29, 1.82) is 0 Å². The van der Waals surface area contributed by atoms with Gasteiger partial charge < -0.3 is 5.11 Å². The van der Waals surface area contributed by atoms with Crippen molar-refractivity contribution in [1.82, 2.24) is 0 Å². The molecule has 2 unspecified atom stereocenters. The van der Waals surface area contributed by atoms with E-state index in [-0.39, 0.29) is 5.92 Å². The van der Waals surface area contributed by atoms with E-state index in [9.17, 15) is 4.79 Å². The molecule has 1 rings (SSSR count). The van der Waals surface area contributed by atoms with Crippen LogP contribution in [0.2, 0.25) is 0 Å². The summed E-state index contributed by atoms with van der Waals surface area (Å²) in [4.78, 5) is 10.5. The van der Waals surface area contributed by atoms with Crippen molar-refractivity contribution in [3.63, 3.8) is 0 Å². The molecule has 0 aliphatic heterocycles. The van der Waals surface area contributed by atoms with Crippen LogP contribution in [0, 0.1) is 18.8 Å². The number of aliphatic carboxylic acids is 1. The Morgan fingerprint density at radius 2 is 2.20 bits per heavy atom. The van der Waals surface area contributed by atoms with Crippen molar-refractivity contribution in [3.8, 4) is 0 Å². The molecule has 0 spiro atoms. The highest BCUT2D eigenvalue weighted by Gasteiger charge is 2.23. The largest absolute Gasteiger partial charge is 0.481 e. The Morgan fingerprint density at radius 1 is 1.50 bits per heavy atom. The first-order valence-corrected chi connectivity index (χ1v) is 3.76. The molecule has 1 fully saturated rings. The summed E-state index contributed by atoms with van der Waals surface area (Å²) in [6, 6.07) is 0. The Bertz CT molecular complexity index is 131. The highest BCUT2D eigenvalue weighted by molar-refractivity contribution is 5.70. The third kappa shape index (κ3) is 1.72. The van der Waals surface area contributed by atoms with Gasteiger partial charge in [0.2, 0.25) is 0 Å². The molecular formula is C8H13O2. The standard InChI is InChI=1S/C8H13O2/c1-6-3-2-4-7(5-6)8(9)10/h6-7H,1-5H2,(H,9,10). The molecule has 0 aromatic heterocycles. The van der Waals surface area contributed by atoms with Crippen LogP contribution in [0.5, 0.6) is 0 Å². The van der Waals surface area contributed by atoms with Crippen LogP contribution in [0.15, 0.2) is 0 Å². The second kappa shape index (κ2) is 3.04. The van der Waals surface area contributed by atoms with Crippen molar-refractivity contribution in [2.24, 2.45) is 11.8 Å². The Kier molecular flexibility index (Phi) is 2.30. The molecule has 10 heavy (non-hydrogen) atoms. The average molecular weight is 141 g/mol. The fourth-order valence-corrected chi connectivity index (χ4v) is 1.52. The van der Waals surface area contributed by atoms with Gasteiger partial charge in [-0.25, -0.2) is 0 Å². The van der Waals surface area contributed by atoms with E-state index in [2.05, 4.69) is 6.92 Å². The first kappa shape index (κ1) is 7.58. The molecule has 1 aliphatic carbocycles. The van der Waals surface area contributed by atoms with E-state index in [1.807, 2.05) is 0 Å². The smallest absolute Gasteiger partial charge is 0.306 e. The lowest BCUT2D eigenvalue weighted by molar-refractivity contribution is -0.143. The fraction of sp³-hybridized carbons (Fsp3) is 0.750. The predicted octanol–water partition coefficient (Wildman–Crippen LogP) is 1.71. The lowest BCUT2D eigenvalue weighted by Gasteiger charge is -2.22. The van der Waals surface area contributed by atoms with Crippen molar-refractivity contribution in [2.75, 3.05) is 0 Å². The van der Waals surface area contributed by atoms with E-state index in [0.717, 1.165) is 25.7 Å². The van der Waals surface area contributed by atoms with Crippen LogP contribution < -0.4 is 0 Å². The van der Waals surface area contributed by atoms with Gasteiger partial charge in [0.05, 0.1) is 5.92 Å². The van der Waals surface area contributed by atoms with Gasteiger partial charge >= 0.3 is 5.97 Å². The minimum atomic E-state index is -0.645. The predicted molar refractivity (Wildman–Crippen MR) is 38.4 cm³/mol. The molecule has 0 bridgehead atoms. The number of carboxylic acid groups (broad SMARTS) is 1. The maximum absolute atomic E-state index is 10.5. The SMILES string of the molecule is [CH2]C1CCCC(C(=O)O)C1. The summed E-state index contributed by atoms with van der Waals surface area (Å²) in [7, 11) is 0. The second-order valence-corrected chi connectivity index (χ2v) is 3.07. The molecule has 0 aromatic rings. The van der Waals surface area contributed by atoms with E-state index >= 15 is 0 Å². The number of carbonyl (C=O) groups is 1. The number of hydrogen-bond acceptors (Lipinski definition) is 1. The molecular weight excluding hydrogens is 128 g/mol. The van der Waals surface area contributed by atoms with Gasteiger partial charge in [0.25, 0.3) is 0 Å². The molecule has 0 heterocycles. The van der Waals surface area contributed by atoms with Crippen LogP contribution in [-0.4, -0.2) is 11.1 Å². The highest BCUT2D eigenvalue weighted by atomic mass is 16.4. The molecule has 1 radical (unpaired) electrons. The van der Waals surface area contributed by atoms with E-state index < -0.39 is 5.97 Å². The summed E-state index contributed by atoms with van der Waals surface area (Å²) >= 11 is 0. The molecule has 2 atom stereocenters. The quantitative estimate of drug-likeness (QED) is 0.603. The average Bonchev–Trinajstić information content (AvgIpc) is 1.88. The van der Waals surface area contributed by atoms with E-state index in [1.54, 1.807) is 0 Å². The first-order chi connectivity index (χ1) is 4.70. The van der Waals surface area contributed by atoms with Gasteiger partial charge in [-0.1, -0.05) is 19.8 Å². The topological polar surface area (TPSA) is 37.3 Å². The summed E-state index contributed by atoms with van der Waals surface area (Å²) in [5.41, 5.74) is 0. The van der Waals surface area contributed by atoms with E-state index in [4.69, 9.17) is 5.11 Å². The van der Waals surface area contributed by atoms with Gasteiger partial charge in [-0.2, -0.15) is 0 Å². The molecule has 1 saturated carbocycles. The summed E-state index contributed by atoms with van der Waals surface area (Å²) in [6.45, 7) is 3.87. The van der Waals surface area contributed by atoms with Gasteiger partial charge in [0.1, 0.15) is 0 Å². The van der Waals surface area contributed by atoms with Gasteiger partial charge in [-0.3, -0.25) is 4.79 Å². The summed E-state index contributed by atoms with van der Waals surface area (Å²) < 4.78 is 0. The highest BCUT2D eigenvalue weighted by Crippen LogP contribution is 2.28. The molecule has 1 N–H and O–H groups in total. The molecule has 1 aliphatic rings.